The van der Waals surface area contributed by atoms with Crippen molar-refractivity contribution in [2.45, 2.75) is 26.7 Å². The molecule has 1 aromatic rings. The Hall–Kier alpha value is -1.56. The normalized spacial score (nSPS) is 12.6. The van der Waals surface area contributed by atoms with Gasteiger partial charge in [-0.05, 0) is 37.0 Å². The molecule has 1 aromatic carbocycles. The molecule has 0 aromatic heterocycles. The minimum atomic E-state index is -0.00613. The lowest BCUT2D eigenvalue weighted by molar-refractivity contribution is -0.127. The number of hydrogen-bond donors (Lipinski definition) is 2. The molecule has 0 saturated heterocycles. The molecule has 24 heavy (non-hydrogen) atoms. The Morgan fingerprint density at radius 1 is 1.29 bits per heavy atom. The van der Waals surface area contributed by atoms with Crippen LogP contribution in [0.4, 0.5) is 0 Å². The van der Waals surface area contributed by atoms with E-state index < -0.39 is 0 Å². The second-order valence-corrected chi connectivity index (χ2v) is 6.89. The van der Waals surface area contributed by atoms with E-state index in [2.05, 4.69) is 56.7 Å². The van der Waals surface area contributed by atoms with Crippen molar-refractivity contribution in [3.63, 3.8) is 0 Å². The number of halogens is 1. The van der Waals surface area contributed by atoms with Crippen LogP contribution in [0, 0.1) is 5.92 Å². The van der Waals surface area contributed by atoms with E-state index in [9.17, 15) is 4.79 Å². The number of likely N-dealkylation sites (N-methyl/N-ethyl adjacent to an activating group) is 1. The van der Waals surface area contributed by atoms with Crippen molar-refractivity contribution in [1.82, 2.24) is 15.5 Å². The molecule has 0 heterocycles. The minimum Gasteiger partial charge on any atom is -0.357 e. The summed E-state index contributed by atoms with van der Waals surface area (Å²) >= 11 is 3.52. The topological polar surface area (TPSA) is 56.7 Å². The second kappa shape index (κ2) is 11.1. The average Bonchev–Trinajstić information content (AvgIpc) is 2.55. The third-order valence-electron chi connectivity index (χ3n) is 3.76. The molecule has 0 saturated carbocycles. The first-order chi connectivity index (χ1) is 11.5. The number of aliphatic imine (C=N–C) groups is 1. The molecule has 6 heteroatoms. The third-order valence-corrected chi connectivity index (χ3v) is 4.26. The van der Waals surface area contributed by atoms with Gasteiger partial charge in [-0.1, -0.05) is 41.4 Å². The van der Waals surface area contributed by atoms with Gasteiger partial charge in [-0.25, -0.2) is 4.99 Å². The molecule has 0 fully saturated rings. The number of carbonyl (C=O) groups is 1. The Kier molecular flexibility index (Phi) is 9.45. The number of nitrogens with zero attached hydrogens (tertiary/aromatic N) is 2. The molecule has 1 amide bonds. The van der Waals surface area contributed by atoms with E-state index >= 15 is 0 Å². The molecular weight excluding hydrogens is 368 g/mol. The molecule has 1 unspecified atom stereocenters. The van der Waals surface area contributed by atoms with Crippen molar-refractivity contribution in [3.05, 3.63) is 34.3 Å². The first-order valence-corrected chi connectivity index (χ1v) is 9.22. The fourth-order valence-corrected chi connectivity index (χ4v) is 2.68. The van der Waals surface area contributed by atoms with Crippen LogP contribution < -0.4 is 10.6 Å². The summed E-state index contributed by atoms with van der Waals surface area (Å²) in [5, 5.41) is 6.55. The Morgan fingerprint density at radius 2 is 2.04 bits per heavy atom. The molecule has 1 rings (SSSR count). The number of carbonyl (C=O) groups excluding carboxylic acids is 1. The van der Waals surface area contributed by atoms with E-state index in [1.807, 2.05) is 13.0 Å². The number of hydrogen-bond acceptors (Lipinski definition) is 2. The predicted molar refractivity (Wildman–Crippen MR) is 104 cm³/mol. The highest BCUT2D eigenvalue weighted by Crippen LogP contribution is 2.16. The van der Waals surface area contributed by atoms with E-state index in [0.29, 0.717) is 11.9 Å². The number of benzene rings is 1. The lowest BCUT2D eigenvalue weighted by Gasteiger charge is -2.18. The van der Waals surface area contributed by atoms with Crippen LogP contribution >= 0.6 is 15.9 Å². The second-order valence-electron chi connectivity index (χ2n) is 5.97. The van der Waals surface area contributed by atoms with E-state index in [4.69, 9.17) is 0 Å². The highest BCUT2D eigenvalue weighted by atomic mass is 79.9. The summed E-state index contributed by atoms with van der Waals surface area (Å²) in [4.78, 5) is 17.6. The van der Waals surface area contributed by atoms with E-state index in [1.54, 1.807) is 19.0 Å². The van der Waals surface area contributed by atoms with Crippen LogP contribution in [0.1, 0.15) is 25.8 Å². The van der Waals surface area contributed by atoms with E-state index in [-0.39, 0.29) is 12.5 Å². The van der Waals surface area contributed by atoms with Gasteiger partial charge < -0.3 is 15.5 Å². The van der Waals surface area contributed by atoms with Gasteiger partial charge in [0.1, 0.15) is 6.54 Å². The van der Waals surface area contributed by atoms with Gasteiger partial charge in [-0.3, -0.25) is 4.79 Å². The van der Waals surface area contributed by atoms with Gasteiger partial charge in [0.2, 0.25) is 5.91 Å². The summed E-state index contributed by atoms with van der Waals surface area (Å²) in [6.45, 7) is 5.97. The van der Waals surface area contributed by atoms with Crippen molar-refractivity contribution in [2.75, 3.05) is 33.7 Å². The fourth-order valence-electron chi connectivity index (χ4n) is 2.23. The molecule has 134 valence electrons. The maximum absolute atomic E-state index is 11.7. The maximum Gasteiger partial charge on any atom is 0.243 e. The number of nitrogens with one attached hydrogen (secondary N) is 2. The zero-order chi connectivity index (χ0) is 17.9. The highest BCUT2D eigenvalue weighted by molar-refractivity contribution is 9.10. The van der Waals surface area contributed by atoms with E-state index in [1.165, 1.54) is 5.56 Å². The zero-order valence-electron chi connectivity index (χ0n) is 15.1. The number of rotatable bonds is 8. The number of amides is 1. The Morgan fingerprint density at radius 3 is 2.62 bits per heavy atom. The zero-order valence-corrected chi connectivity index (χ0v) is 16.7. The standard InChI is InChI=1S/C18H29BrN4O/c1-5-14(10-15-8-7-9-16(19)11-15)12-21-18(20-6-2)22-13-17(24)23(3)4/h7-9,11,14H,5-6,10,12-13H2,1-4H3,(H2,20,21,22). The van der Waals surface area contributed by atoms with Gasteiger partial charge in [0.05, 0.1) is 0 Å². The van der Waals surface area contributed by atoms with Crippen LogP contribution in [0.3, 0.4) is 0 Å². The highest BCUT2D eigenvalue weighted by Gasteiger charge is 2.10. The van der Waals surface area contributed by atoms with Gasteiger partial charge in [0.15, 0.2) is 5.96 Å². The van der Waals surface area contributed by atoms with Crippen LogP contribution in [-0.2, 0) is 11.2 Å². The van der Waals surface area contributed by atoms with Crippen LogP contribution in [0.2, 0.25) is 0 Å². The van der Waals surface area contributed by atoms with Gasteiger partial charge in [-0.15, -0.1) is 0 Å². The summed E-state index contributed by atoms with van der Waals surface area (Å²) in [7, 11) is 3.48. The first-order valence-electron chi connectivity index (χ1n) is 8.43. The molecule has 0 radical (unpaired) electrons. The van der Waals surface area contributed by atoms with Crippen molar-refractivity contribution >= 4 is 27.8 Å². The molecule has 0 bridgehead atoms. The molecule has 1 atom stereocenters. The SMILES string of the molecule is CCNC(=NCC(=O)N(C)C)NCC(CC)Cc1cccc(Br)c1. The van der Waals surface area contributed by atoms with Crippen molar-refractivity contribution in [2.24, 2.45) is 10.9 Å². The summed E-state index contributed by atoms with van der Waals surface area (Å²) in [6, 6.07) is 8.43. The Labute approximate surface area is 154 Å². The molecule has 0 aliphatic rings. The predicted octanol–water partition coefficient (Wildman–Crippen LogP) is 2.66. The third kappa shape index (κ3) is 7.81. The largest absolute Gasteiger partial charge is 0.357 e. The molecule has 0 aliphatic heterocycles. The monoisotopic (exact) mass is 396 g/mol. The first kappa shape index (κ1) is 20.5. The van der Waals surface area contributed by atoms with Gasteiger partial charge in [0, 0.05) is 31.7 Å². The molecular formula is C18H29BrN4O. The Balaban J connectivity index is 2.59. The van der Waals surface area contributed by atoms with Gasteiger partial charge in [0.25, 0.3) is 0 Å². The average molecular weight is 397 g/mol. The molecule has 0 aliphatic carbocycles. The summed E-state index contributed by atoms with van der Waals surface area (Å²) in [5.41, 5.74) is 1.32. The smallest absolute Gasteiger partial charge is 0.243 e. The summed E-state index contributed by atoms with van der Waals surface area (Å²) in [5.74, 6) is 1.20. The van der Waals surface area contributed by atoms with E-state index in [0.717, 1.165) is 30.4 Å². The summed E-state index contributed by atoms with van der Waals surface area (Å²) in [6.07, 6.45) is 2.09. The van der Waals surface area contributed by atoms with Crippen LogP contribution in [-0.4, -0.2) is 50.5 Å². The van der Waals surface area contributed by atoms with Crippen LogP contribution in [0.5, 0.6) is 0 Å². The van der Waals surface area contributed by atoms with Crippen molar-refractivity contribution in [1.29, 1.82) is 0 Å². The van der Waals surface area contributed by atoms with Crippen molar-refractivity contribution < 1.29 is 4.79 Å². The molecule has 0 spiro atoms. The molecule has 2 N–H and O–H groups in total. The maximum atomic E-state index is 11.7. The Bertz CT molecular complexity index is 546. The lowest BCUT2D eigenvalue weighted by Crippen LogP contribution is -2.41. The van der Waals surface area contributed by atoms with Gasteiger partial charge in [-0.2, -0.15) is 0 Å². The fraction of sp³-hybridized carbons (Fsp3) is 0.556. The van der Waals surface area contributed by atoms with Crippen LogP contribution in [0.15, 0.2) is 33.7 Å². The minimum absolute atomic E-state index is 0.00613. The lowest BCUT2D eigenvalue weighted by atomic mass is 9.97. The van der Waals surface area contributed by atoms with Crippen molar-refractivity contribution in [3.8, 4) is 0 Å². The summed E-state index contributed by atoms with van der Waals surface area (Å²) < 4.78 is 1.11. The van der Waals surface area contributed by atoms with Crippen LogP contribution in [0.25, 0.3) is 0 Å². The number of guanidine groups is 1. The quantitative estimate of drug-likeness (QED) is 0.524. The molecule has 5 nitrogen and oxygen atoms in total. The van der Waals surface area contributed by atoms with Gasteiger partial charge >= 0.3 is 0 Å².